The van der Waals surface area contributed by atoms with Crippen LogP contribution in [0.2, 0.25) is 0 Å². The smallest absolute Gasteiger partial charge is 0.0491 e. The van der Waals surface area contributed by atoms with Crippen molar-refractivity contribution in [3.63, 3.8) is 0 Å². The van der Waals surface area contributed by atoms with Gasteiger partial charge in [0.1, 0.15) is 0 Å². The predicted molar refractivity (Wildman–Crippen MR) is 108 cm³/mol. The third kappa shape index (κ3) is 3.12. The van der Waals surface area contributed by atoms with E-state index < -0.39 is 0 Å². The molecule has 4 rings (SSSR count). The summed E-state index contributed by atoms with van der Waals surface area (Å²) >= 11 is 0. The van der Waals surface area contributed by atoms with Gasteiger partial charge in [-0.1, -0.05) is 54.6 Å². The molecule has 0 bridgehead atoms. The van der Waals surface area contributed by atoms with Crippen LogP contribution in [0.25, 0.3) is 21.8 Å². The first kappa shape index (κ1) is 15.8. The Hall–Kier alpha value is -2.74. The van der Waals surface area contributed by atoms with Crippen molar-refractivity contribution in [1.82, 2.24) is 4.57 Å². The lowest BCUT2D eigenvalue weighted by Gasteiger charge is -2.19. The van der Waals surface area contributed by atoms with E-state index in [1.54, 1.807) is 0 Å². The van der Waals surface area contributed by atoms with Crippen LogP contribution in [-0.4, -0.2) is 18.2 Å². The summed E-state index contributed by atoms with van der Waals surface area (Å²) in [5.74, 6) is 0. The first-order valence-corrected chi connectivity index (χ1v) is 9.07. The van der Waals surface area contributed by atoms with Crippen molar-refractivity contribution in [1.29, 1.82) is 0 Å². The number of anilines is 1. The van der Waals surface area contributed by atoms with Gasteiger partial charge in [-0.05, 0) is 37.1 Å². The maximum atomic E-state index is 2.48. The Morgan fingerprint density at radius 3 is 1.88 bits per heavy atom. The molecule has 0 unspecified atom stereocenters. The monoisotopic (exact) mass is 328 g/mol. The van der Waals surface area contributed by atoms with Crippen LogP contribution in [0.15, 0.2) is 78.9 Å². The minimum absolute atomic E-state index is 1.07. The molecule has 0 aliphatic heterocycles. The van der Waals surface area contributed by atoms with Gasteiger partial charge < -0.3 is 9.47 Å². The Morgan fingerprint density at radius 2 is 1.24 bits per heavy atom. The number of fused-ring (bicyclic) bond motifs is 3. The summed E-state index contributed by atoms with van der Waals surface area (Å²) in [5.41, 5.74) is 3.99. The fourth-order valence-electron chi connectivity index (χ4n) is 3.67. The van der Waals surface area contributed by atoms with E-state index in [2.05, 4.69) is 95.4 Å². The summed E-state index contributed by atoms with van der Waals surface area (Å²) in [7, 11) is 2.18. The first-order chi connectivity index (χ1) is 12.3. The highest BCUT2D eigenvalue weighted by Crippen LogP contribution is 2.29. The summed E-state index contributed by atoms with van der Waals surface area (Å²) in [6.07, 6.45) is 2.37. The molecule has 0 spiro atoms. The lowest BCUT2D eigenvalue weighted by Crippen LogP contribution is -2.18. The van der Waals surface area contributed by atoms with Gasteiger partial charge in [-0.25, -0.2) is 0 Å². The van der Waals surface area contributed by atoms with E-state index in [1.165, 1.54) is 40.3 Å². The molecule has 2 nitrogen and oxygen atoms in total. The molecule has 0 aliphatic rings. The van der Waals surface area contributed by atoms with Crippen molar-refractivity contribution in [2.24, 2.45) is 0 Å². The third-order valence-electron chi connectivity index (χ3n) is 5.00. The fraction of sp³-hybridized carbons (Fsp3) is 0.217. The zero-order valence-electron chi connectivity index (χ0n) is 14.7. The van der Waals surface area contributed by atoms with Crippen molar-refractivity contribution >= 4 is 27.5 Å². The van der Waals surface area contributed by atoms with Crippen molar-refractivity contribution in [2.45, 2.75) is 19.4 Å². The number of para-hydroxylation sites is 3. The third-order valence-corrected chi connectivity index (χ3v) is 5.00. The first-order valence-electron chi connectivity index (χ1n) is 9.07. The summed E-state index contributed by atoms with van der Waals surface area (Å²) in [6, 6.07) is 28.1. The van der Waals surface area contributed by atoms with E-state index in [1.807, 2.05) is 0 Å². The molecular weight excluding hydrogens is 304 g/mol. The van der Waals surface area contributed by atoms with Crippen LogP contribution in [-0.2, 0) is 6.54 Å². The Kier molecular flexibility index (Phi) is 4.43. The molecule has 0 radical (unpaired) electrons. The van der Waals surface area contributed by atoms with Gasteiger partial charge in [-0.3, -0.25) is 0 Å². The topological polar surface area (TPSA) is 8.17 Å². The fourth-order valence-corrected chi connectivity index (χ4v) is 3.67. The van der Waals surface area contributed by atoms with Crippen LogP contribution in [0, 0.1) is 0 Å². The van der Waals surface area contributed by atoms with Crippen molar-refractivity contribution < 1.29 is 0 Å². The number of hydrogen-bond acceptors (Lipinski definition) is 1. The van der Waals surface area contributed by atoms with Crippen molar-refractivity contribution in [3.8, 4) is 0 Å². The Bertz CT molecular complexity index is 916. The van der Waals surface area contributed by atoms with E-state index in [0.717, 1.165) is 13.1 Å². The molecule has 0 saturated heterocycles. The molecule has 0 aliphatic carbocycles. The predicted octanol–water partition coefficient (Wildman–Crippen LogP) is 5.71. The maximum absolute atomic E-state index is 2.48. The van der Waals surface area contributed by atoms with Crippen LogP contribution in [0.3, 0.4) is 0 Å². The van der Waals surface area contributed by atoms with E-state index in [4.69, 9.17) is 0 Å². The minimum Gasteiger partial charge on any atom is -0.375 e. The minimum atomic E-state index is 1.07. The number of hydrogen-bond donors (Lipinski definition) is 0. The SMILES string of the molecule is CN(CCCCn1c2ccccc2c2ccccc21)c1ccccc1. The van der Waals surface area contributed by atoms with Gasteiger partial charge in [-0.15, -0.1) is 0 Å². The summed E-state index contributed by atoms with van der Waals surface area (Å²) < 4.78 is 2.48. The van der Waals surface area contributed by atoms with Gasteiger partial charge in [0, 0.05) is 47.6 Å². The summed E-state index contributed by atoms with van der Waals surface area (Å²) in [5, 5.41) is 2.72. The van der Waals surface area contributed by atoms with Gasteiger partial charge in [0.05, 0.1) is 0 Å². The van der Waals surface area contributed by atoms with Gasteiger partial charge in [0.25, 0.3) is 0 Å². The second kappa shape index (κ2) is 7.02. The summed E-state index contributed by atoms with van der Waals surface area (Å²) in [4.78, 5) is 2.34. The standard InChI is InChI=1S/C23H24N2/c1-24(19-11-3-2-4-12-19)17-9-10-18-25-22-15-7-5-13-20(22)21-14-6-8-16-23(21)25/h2-8,11-16H,9-10,17-18H2,1H3. The lowest BCUT2D eigenvalue weighted by molar-refractivity contribution is 0.633. The molecule has 126 valence electrons. The van der Waals surface area contributed by atoms with E-state index in [9.17, 15) is 0 Å². The van der Waals surface area contributed by atoms with Crippen LogP contribution in [0.4, 0.5) is 5.69 Å². The summed E-state index contributed by atoms with van der Waals surface area (Å²) in [6.45, 7) is 2.15. The van der Waals surface area contributed by atoms with Crippen LogP contribution in [0.1, 0.15) is 12.8 Å². The van der Waals surface area contributed by atoms with Crippen LogP contribution < -0.4 is 4.90 Å². The molecule has 0 atom stereocenters. The molecule has 1 heterocycles. The van der Waals surface area contributed by atoms with Gasteiger partial charge >= 0.3 is 0 Å². The van der Waals surface area contributed by atoms with E-state index >= 15 is 0 Å². The Morgan fingerprint density at radius 1 is 0.680 bits per heavy atom. The van der Waals surface area contributed by atoms with Gasteiger partial charge in [0.15, 0.2) is 0 Å². The largest absolute Gasteiger partial charge is 0.375 e. The van der Waals surface area contributed by atoms with Crippen molar-refractivity contribution in [3.05, 3.63) is 78.9 Å². The van der Waals surface area contributed by atoms with Crippen LogP contribution in [0.5, 0.6) is 0 Å². The number of benzene rings is 3. The number of aromatic nitrogens is 1. The second-order valence-electron chi connectivity index (χ2n) is 6.65. The van der Waals surface area contributed by atoms with Crippen LogP contribution >= 0.6 is 0 Å². The molecule has 2 heteroatoms. The number of aryl methyl sites for hydroxylation is 1. The molecule has 25 heavy (non-hydrogen) atoms. The Balaban J connectivity index is 1.48. The quantitative estimate of drug-likeness (QED) is 0.411. The zero-order valence-corrected chi connectivity index (χ0v) is 14.7. The van der Waals surface area contributed by atoms with Gasteiger partial charge in [-0.2, -0.15) is 0 Å². The normalized spacial score (nSPS) is 11.2. The molecule has 0 fully saturated rings. The molecule has 3 aromatic carbocycles. The maximum Gasteiger partial charge on any atom is 0.0491 e. The van der Waals surface area contributed by atoms with E-state index in [-0.39, 0.29) is 0 Å². The molecule has 4 aromatic rings. The number of rotatable bonds is 6. The molecule has 1 aromatic heterocycles. The Labute approximate surface area is 149 Å². The highest BCUT2D eigenvalue weighted by Gasteiger charge is 2.09. The molecular formula is C23H24N2. The molecule has 0 N–H and O–H groups in total. The zero-order chi connectivity index (χ0) is 17.1. The van der Waals surface area contributed by atoms with Gasteiger partial charge in [0.2, 0.25) is 0 Å². The molecule has 0 amide bonds. The molecule has 0 saturated carbocycles. The van der Waals surface area contributed by atoms with Crippen molar-refractivity contribution in [2.75, 3.05) is 18.5 Å². The lowest BCUT2D eigenvalue weighted by atomic mass is 10.2. The second-order valence-corrected chi connectivity index (χ2v) is 6.65. The van der Waals surface area contributed by atoms with E-state index in [0.29, 0.717) is 0 Å². The number of unbranched alkanes of at least 4 members (excludes halogenated alkanes) is 1. The highest BCUT2D eigenvalue weighted by atomic mass is 15.1. The highest BCUT2D eigenvalue weighted by molar-refractivity contribution is 6.07. The average molecular weight is 328 g/mol. The number of nitrogens with zero attached hydrogens (tertiary/aromatic N) is 2. The average Bonchev–Trinajstić information content (AvgIpc) is 3.00.